The average Bonchev–Trinajstić information content (AvgIpc) is 2.99. The van der Waals surface area contributed by atoms with E-state index in [0.29, 0.717) is 10.9 Å². The van der Waals surface area contributed by atoms with Crippen LogP contribution in [-0.4, -0.2) is 14.5 Å². The molecule has 0 saturated heterocycles. The van der Waals surface area contributed by atoms with Crippen LogP contribution in [-0.2, 0) is 12.4 Å². The molecule has 0 bridgehead atoms. The number of aromatic nitrogens is 3. The third kappa shape index (κ3) is 2.00. The molecule has 0 saturated carbocycles. The molecule has 92 valence electrons. The standard InChI is InChI=1S/C12H9Cl2N3S/c13-4-11-16-12-9(14)2-1-3-10(12)17(11)6-8-5-15-7-18-8/h1-3,5,7H,4,6H2. The van der Waals surface area contributed by atoms with Crippen LogP contribution in [0, 0.1) is 0 Å². The molecule has 0 fully saturated rings. The Morgan fingerprint density at radius 1 is 1.33 bits per heavy atom. The molecule has 0 atom stereocenters. The van der Waals surface area contributed by atoms with Crippen LogP contribution in [0.25, 0.3) is 11.0 Å². The highest BCUT2D eigenvalue weighted by molar-refractivity contribution is 7.09. The number of rotatable bonds is 3. The highest BCUT2D eigenvalue weighted by Crippen LogP contribution is 2.25. The van der Waals surface area contributed by atoms with Gasteiger partial charge in [-0.1, -0.05) is 17.7 Å². The van der Waals surface area contributed by atoms with Crippen LogP contribution >= 0.6 is 34.5 Å². The number of hydrogen-bond acceptors (Lipinski definition) is 3. The first-order valence-corrected chi connectivity index (χ1v) is 7.16. The summed E-state index contributed by atoms with van der Waals surface area (Å²) in [6.45, 7) is 0.726. The van der Waals surface area contributed by atoms with E-state index in [4.69, 9.17) is 23.2 Å². The summed E-state index contributed by atoms with van der Waals surface area (Å²) >= 11 is 13.7. The molecule has 3 aromatic rings. The molecule has 18 heavy (non-hydrogen) atoms. The topological polar surface area (TPSA) is 30.7 Å². The second kappa shape index (κ2) is 4.88. The third-order valence-electron chi connectivity index (χ3n) is 2.73. The van der Waals surface area contributed by atoms with Gasteiger partial charge in [0, 0.05) is 11.1 Å². The van der Waals surface area contributed by atoms with Crippen molar-refractivity contribution in [3.05, 3.63) is 45.6 Å². The van der Waals surface area contributed by atoms with Gasteiger partial charge in [-0.2, -0.15) is 0 Å². The van der Waals surface area contributed by atoms with Crippen LogP contribution in [0.3, 0.4) is 0 Å². The fourth-order valence-corrected chi connectivity index (χ4v) is 2.91. The molecule has 2 heterocycles. The van der Waals surface area contributed by atoms with Crippen molar-refractivity contribution in [1.82, 2.24) is 14.5 Å². The molecule has 3 nitrogen and oxygen atoms in total. The van der Waals surface area contributed by atoms with Crippen LogP contribution in [0.2, 0.25) is 5.02 Å². The summed E-state index contributed by atoms with van der Waals surface area (Å²) in [5.74, 6) is 1.19. The minimum atomic E-state index is 0.365. The van der Waals surface area contributed by atoms with Crippen LogP contribution in [0.5, 0.6) is 0 Å². The van der Waals surface area contributed by atoms with Crippen LogP contribution in [0.4, 0.5) is 0 Å². The fraction of sp³-hybridized carbons (Fsp3) is 0.167. The van der Waals surface area contributed by atoms with Crippen LogP contribution in [0.1, 0.15) is 10.7 Å². The molecule has 0 radical (unpaired) electrons. The normalized spacial score (nSPS) is 11.2. The van der Waals surface area contributed by atoms with E-state index in [1.807, 2.05) is 29.9 Å². The molecule has 1 aromatic carbocycles. The summed E-state index contributed by atoms with van der Waals surface area (Å²) in [4.78, 5) is 9.74. The van der Waals surface area contributed by atoms with E-state index in [0.717, 1.165) is 23.4 Å². The van der Waals surface area contributed by atoms with E-state index in [2.05, 4.69) is 14.5 Å². The van der Waals surface area contributed by atoms with E-state index < -0.39 is 0 Å². The maximum atomic E-state index is 6.15. The number of benzene rings is 1. The van der Waals surface area contributed by atoms with Gasteiger partial charge >= 0.3 is 0 Å². The van der Waals surface area contributed by atoms with Crippen molar-refractivity contribution < 1.29 is 0 Å². The Kier molecular flexibility index (Phi) is 3.24. The smallest absolute Gasteiger partial charge is 0.125 e. The number of halogens is 2. The van der Waals surface area contributed by atoms with Crippen molar-refractivity contribution in [3.63, 3.8) is 0 Å². The number of imidazole rings is 1. The Labute approximate surface area is 118 Å². The molecule has 3 rings (SSSR count). The molecule has 0 aliphatic carbocycles. The number of para-hydroxylation sites is 1. The Morgan fingerprint density at radius 2 is 2.22 bits per heavy atom. The van der Waals surface area contributed by atoms with Gasteiger partial charge in [0.2, 0.25) is 0 Å². The van der Waals surface area contributed by atoms with E-state index >= 15 is 0 Å². The van der Waals surface area contributed by atoms with E-state index in [1.165, 1.54) is 4.88 Å². The van der Waals surface area contributed by atoms with Gasteiger partial charge < -0.3 is 4.57 Å². The summed E-state index contributed by atoms with van der Waals surface area (Å²) in [7, 11) is 0. The van der Waals surface area contributed by atoms with Crippen molar-refractivity contribution >= 4 is 45.6 Å². The molecule has 2 aromatic heterocycles. The fourth-order valence-electron chi connectivity index (χ4n) is 1.92. The highest BCUT2D eigenvalue weighted by Gasteiger charge is 2.12. The molecule has 0 aliphatic heterocycles. The lowest BCUT2D eigenvalue weighted by Crippen LogP contribution is -2.02. The molecule has 0 aliphatic rings. The first-order chi connectivity index (χ1) is 8.79. The first kappa shape index (κ1) is 12.0. The lowest BCUT2D eigenvalue weighted by molar-refractivity contribution is 0.787. The zero-order chi connectivity index (χ0) is 12.5. The molecule has 6 heteroatoms. The quantitative estimate of drug-likeness (QED) is 0.686. The van der Waals surface area contributed by atoms with Gasteiger partial charge in [-0.3, -0.25) is 4.98 Å². The largest absolute Gasteiger partial charge is 0.322 e. The Balaban J connectivity index is 2.17. The predicted octanol–water partition coefficient (Wildman–Crippen LogP) is 3.93. The summed E-state index contributed by atoms with van der Waals surface area (Å²) in [5.41, 5.74) is 3.63. The first-order valence-electron chi connectivity index (χ1n) is 5.36. The van der Waals surface area contributed by atoms with Crippen molar-refractivity contribution in [2.24, 2.45) is 0 Å². The van der Waals surface area contributed by atoms with Crippen molar-refractivity contribution in [3.8, 4) is 0 Å². The van der Waals surface area contributed by atoms with Gasteiger partial charge in [0.25, 0.3) is 0 Å². The zero-order valence-corrected chi connectivity index (χ0v) is 11.6. The minimum absolute atomic E-state index is 0.365. The molecule has 0 spiro atoms. The summed E-state index contributed by atoms with van der Waals surface area (Å²) in [6.07, 6.45) is 1.86. The monoisotopic (exact) mass is 297 g/mol. The SMILES string of the molecule is ClCc1nc2c(Cl)cccc2n1Cc1cncs1. The number of thiazole rings is 1. The minimum Gasteiger partial charge on any atom is -0.322 e. The van der Waals surface area contributed by atoms with E-state index in [1.54, 1.807) is 11.3 Å². The molecule has 0 amide bonds. The highest BCUT2D eigenvalue weighted by atomic mass is 35.5. The van der Waals surface area contributed by atoms with Crippen molar-refractivity contribution in [2.45, 2.75) is 12.4 Å². The van der Waals surface area contributed by atoms with Crippen LogP contribution in [0.15, 0.2) is 29.9 Å². The Hall–Kier alpha value is -1.10. The number of fused-ring (bicyclic) bond motifs is 1. The van der Waals surface area contributed by atoms with Gasteiger partial charge in [-0.15, -0.1) is 22.9 Å². The average molecular weight is 298 g/mol. The third-order valence-corrected chi connectivity index (χ3v) is 4.03. The molecular formula is C12H9Cl2N3S. The van der Waals surface area contributed by atoms with Gasteiger partial charge in [0.15, 0.2) is 0 Å². The number of hydrogen-bond donors (Lipinski definition) is 0. The number of alkyl halides is 1. The second-order valence-electron chi connectivity index (χ2n) is 3.82. The maximum Gasteiger partial charge on any atom is 0.125 e. The van der Waals surface area contributed by atoms with Gasteiger partial charge in [-0.05, 0) is 12.1 Å². The predicted molar refractivity (Wildman–Crippen MR) is 75.5 cm³/mol. The maximum absolute atomic E-state index is 6.15. The van der Waals surface area contributed by atoms with Crippen LogP contribution < -0.4 is 0 Å². The zero-order valence-electron chi connectivity index (χ0n) is 9.31. The van der Waals surface area contributed by atoms with Gasteiger partial charge in [0.1, 0.15) is 11.3 Å². The van der Waals surface area contributed by atoms with E-state index in [-0.39, 0.29) is 0 Å². The van der Waals surface area contributed by atoms with Gasteiger partial charge in [-0.25, -0.2) is 4.98 Å². The lowest BCUT2D eigenvalue weighted by Gasteiger charge is -2.05. The lowest BCUT2D eigenvalue weighted by atomic mass is 10.3. The summed E-state index contributed by atoms with van der Waals surface area (Å²) in [6, 6.07) is 5.77. The van der Waals surface area contributed by atoms with Crippen molar-refractivity contribution in [2.75, 3.05) is 0 Å². The summed E-state index contributed by atoms with van der Waals surface area (Å²) < 4.78 is 2.09. The molecule has 0 unspecified atom stereocenters. The Bertz CT molecular complexity index is 676. The molecule has 0 N–H and O–H groups in total. The number of nitrogens with zero attached hydrogens (tertiary/aromatic N) is 3. The summed E-state index contributed by atoms with van der Waals surface area (Å²) in [5, 5.41) is 0.655. The molecular weight excluding hydrogens is 289 g/mol. The second-order valence-corrected chi connectivity index (χ2v) is 5.47. The van der Waals surface area contributed by atoms with Crippen molar-refractivity contribution in [1.29, 1.82) is 0 Å². The van der Waals surface area contributed by atoms with Gasteiger partial charge in [0.05, 0.1) is 28.5 Å². The van der Waals surface area contributed by atoms with E-state index in [9.17, 15) is 0 Å². The Morgan fingerprint density at radius 3 is 2.94 bits per heavy atom.